The van der Waals surface area contributed by atoms with Crippen LogP contribution < -0.4 is 9.47 Å². The summed E-state index contributed by atoms with van der Waals surface area (Å²) >= 11 is 0. The maximum absolute atomic E-state index is 12.9. The molecule has 1 aliphatic heterocycles. The van der Waals surface area contributed by atoms with Crippen LogP contribution in [0.1, 0.15) is 41.7 Å². The average molecular weight is 407 g/mol. The molecule has 0 bridgehead atoms. The molecule has 0 spiro atoms. The normalized spacial score (nSPS) is 15.9. The van der Waals surface area contributed by atoms with Gasteiger partial charge in [0.2, 0.25) is 5.91 Å². The number of carbonyl (C=O) groups excluding carboxylic acids is 1. The van der Waals surface area contributed by atoms with E-state index in [0.29, 0.717) is 24.7 Å². The number of methoxy groups -OCH3 is 1. The summed E-state index contributed by atoms with van der Waals surface area (Å²) in [5.74, 6) is 2.48. The van der Waals surface area contributed by atoms with Crippen molar-refractivity contribution < 1.29 is 18.8 Å². The van der Waals surface area contributed by atoms with E-state index in [2.05, 4.69) is 10.1 Å². The second kappa shape index (κ2) is 8.98. The van der Waals surface area contributed by atoms with Crippen LogP contribution in [-0.4, -0.2) is 34.6 Å². The van der Waals surface area contributed by atoms with Crippen molar-refractivity contribution in [3.05, 3.63) is 71.4 Å². The lowest BCUT2D eigenvalue weighted by Gasteiger charge is -2.22. The molecule has 0 N–H and O–H groups in total. The van der Waals surface area contributed by atoms with Crippen molar-refractivity contribution in [2.75, 3.05) is 13.7 Å². The van der Waals surface area contributed by atoms with Crippen molar-refractivity contribution in [1.82, 2.24) is 15.0 Å². The molecule has 2 heterocycles. The molecule has 1 aromatic heterocycles. The zero-order chi connectivity index (χ0) is 20.9. The van der Waals surface area contributed by atoms with Crippen molar-refractivity contribution in [3.8, 4) is 11.5 Å². The molecular weight excluding hydrogens is 382 g/mol. The Bertz CT molecular complexity index is 1000. The lowest BCUT2D eigenvalue weighted by atomic mass is 10.1. The molecule has 0 saturated carbocycles. The van der Waals surface area contributed by atoms with Crippen molar-refractivity contribution in [2.45, 2.75) is 38.8 Å². The minimum absolute atomic E-state index is 0.0491. The average Bonchev–Trinajstić information content (AvgIpc) is 3.43. The van der Waals surface area contributed by atoms with E-state index in [0.717, 1.165) is 29.9 Å². The molecule has 1 atom stereocenters. The van der Waals surface area contributed by atoms with Gasteiger partial charge >= 0.3 is 0 Å². The summed E-state index contributed by atoms with van der Waals surface area (Å²) in [5, 5.41) is 4.11. The van der Waals surface area contributed by atoms with Crippen LogP contribution in [-0.2, 0) is 17.8 Å². The summed E-state index contributed by atoms with van der Waals surface area (Å²) in [7, 11) is 1.62. The number of benzene rings is 2. The lowest BCUT2D eigenvalue weighted by molar-refractivity contribution is -0.131. The molecule has 156 valence electrons. The highest BCUT2D eigenvalue weighted by Crippen LogP contribution is 2.31. The summed E-state index contributed by atoms with van der Waals surface area (Å²) in [6.45, 7) is 2.91. The maximum Gasteiger partial charge on any atom is 0.264 e. The van der Waals surface area contributed by atoms with Crippen LogP contribution in [0.2, 0.25) is 0 Å². The first-order chi connectivity index (χ1) is 14.6. The first-order valence-corrected chi connectivity index (χ1v) is 10.1. The van der Waals surface area contributed by atoms with Gasteiger partial charge in [-0.05, 0) is 49.6 Å². The molecule has 0 radical (unpaired) electrons. The fourth-order valence-electron chi connectivity index (χ4n) is 3.63. The van der Waals surface area contributed by atoms with Gasteiger partial charge in [-0.1, -0.05) is 35.0 Å². The maximum atomic E-state index is 12.9. The number of likely N-dealkylation sites (tertiary alicyclic amines) is 1. The van der Waals surface area contributed by atoms with E-state index in [1.807, 2.05) is 60.4 Å². The van der Waals surface area contributed by atoms with Gasteiger partial charge < -0.3 is 18.9 Å². The zero-order valence-electron chi connectivity index (χ0n) is 17.2. The summed E-state index contributed by atoms with van der Waals surface area (Å²) in [5.41, 5.74) is 2.09. The number of hydrogen-bond donors (Lipinski definition) is 0. The number of nitrogens with zero attached hydrogens (tertiary/aromatic N) is 3. The monoisotopic (exact) mass is 407 g/mol. The minimum Gasteiger partial charge on any atom is -0.497 e. The Morgan fingerprint density at radius 1 is 1.20 bits per heavy atom. The zero-order valence-corrected chi connectivity index (χ0v) is 17.2. The Morgan fingerprint density at radius 2 is 2.03 bits per heavy atom. The van der Waals surface area contributed by atoms with Crippen LogP contribution in [0.3, 0.4) is 0 Å². The van der Waals surface area contributed by atoms with E-state index in [1.165, 1.54) is 5.56 Å². The SMILES string of the molecule is COc1cccc(CC(=O)N2CCCC2c2noc(COc3ccc(C)cc3)n2)c1. The highest BCUT2D eigenvalue weighted by molar-refractivity contribution is 5.79. The van der Waals surface area contributed by atoms with Crippen LogP contribution in [0, 0.1) is 6.92 Å². The Labute approximate surface area is 175 Å². The third-order valence-corrected chi connectivity index (χ3v) is 5.23. The number of rotatable bonds is 7. The second-order valence-electron chi connectivity index (χ2n) is 7.42. The molecule has 1 amide bonds. The van der Waals surface area contributed by atoms with Crippen molar-refractivity contribution in [3.63, 3.8) is 0 Å². The minimum atomic E-state index is -0.167. The van der Waals surface area contributed by atoms with Crippen molar-refractivity contribution >= 4 is 5.91 Å². The summed E-state index contributed by atoms with van der Waals surface area (Å²) in [6, 6.07) is 15.2. The number of aromatic nitrogens is 2. The molecular formula is C23H25N3O4. The smallest absolute Gasteiger partial charge is 0.264 e. The van der Waals surface area contributed by atoms with Crippen molar-refractivity contribution in [2.24, 2.45) is 0 Å². The quantitative estimate of drug-likeness (QED) is 0.592. The molecule has 4 rings (SSSR count). The predicted octanol–water partition coefficient (Wildman–Crippen LogP) is 3.87. The van der Waals surface area contributed by atoms with Crippen LogP contribution in [0.4, 0.5) is 0 Å². The van der Waals surface area contributed by atoms with Gasteiger partial charge in [-0.3, -0.25) is 4.79 Å². The van der Waals surface area contributed by atoms with Crippen LogP contribution in [0.5, 0.6) is 11.5 Å². The molecule has 7 heteroatoms. The Morgan fingerprint density at radius 3 is 2.83 bits per heavy atom. The van der Waals surface area contributed by atoms with E-state index < -0.39 is 0 Å². The van der Waals surface area contributed by atoms with Gasteiger partial charge in [-0.25, -0.2) is 0 Å². The molecule has 0 aliphatic carbocycles. The number of carbonyl (C=O) groups is 1. The Hall–Kier alpha value is -3.35. The van der Waals surface area contributed by atoms with E-state index in [-0.39, 0.29) is 18.6 Å². The molecule has 30 heavy (non-hydrogen) atoms. The highest BCUT2D eigenvalue weighted by Gasteiger charge is 2.33. The molecule has 1 unspecified atom stereocenters. The third-order valence-electron chi connectivity index (χ3n) is 5.23. The number of amides is 1. The third kappa shape index (κ3) is 4.62. The second-order valence-corrected chi connectivity index (χ2v) is 7.42. The topological polar surface area (TPSA) is 77.7 Å². The van der Waals surface area contributed by atoms with Gasteiger partial charge in [-0.2, -0.15) is 4.98 Å². The number of ether oxygens (including phenoxy) is 2. The van der Waals surface area contributed by atoms with E-state index >= 15 is 0 Å². The standard InChI is InChI=1S/C23H25N3O4/c1-16-8-10-18(11-9-16)29-15-21-24-23(25-30-21)20-7-4-12-26(20)22(27)14-17-5-3-6-19(13-17)28-2/h3,5-6,8-11,13,20H,4,7,12,14-15H2,1-2H3. The van der Waals surface area contributed by atoms with Crippen LogP contribution >= 0.6 is 0 Å². The number of hydrogen-bond acceptors (Lipinski definition) is 6. The van der Waals surface area contributed by atoms with Gasteiger partial charge in [-0.15, -0.1) is 0 Å². The lowest BCUT2D eigenvalue weighted by Crippen LogP contribution is -2.32. The summed E-state index contributed by atoms with van der Waals surface area (Å²) in [4.78, 5) is 19.2. The molecule has 1 fully saturated rings. The highest BCUT2D eigenvalue weighted by atomic mass is 16.5. The first kappa shape index (κ1) is 19.9. The Kier molecular flexibility index (Phi) is 5.97. The van der Waals surface area contributed by atoms with Crippen LogP contribution in [0.15, 0.2) is 53.1 Å². The van der Waals surface area contributed by atoms with Gasteiger partial charge in [0.25, 0.3) is 5.89 Å². The first-order valence-electron chi connectivity index (χ1n) is 10.1. The van der Waals surface area contributed by atoms with Gasteiger partial charge in [0.05, 0.1) is 19.6 Å². The van der Waals surface area contributed by atoms with E-state index in [9.17, 15) is 4.79 Å². The van der Waals surface area contributed by atoms with Crippen molar-refractivity contribution in [1.29, 1.82) is 0 Å². The van der Waals surface area contributed by atoms with Gasteiger partial charge in [0.1, 0.15) is 11.5 Å². The van der Waals surface area contributed by atoms with Crippen LogP contribution in [0.25, 0.3) is 0 Å². The largest absolute Gasteiger partial charge is 0.497 e. The molecule has 1 aliphatic rings. The fraction of sp³-hybridized carbons (Fsp3) is 0.348. The van der Waals surface area contributed by atoms with E-state index in [1.54, 1.807) is 7.11 Å². The van der Waals surface area contributed by atoms with Gasteiger partial charge in [0.15, 0.2) is 12.4 Å². The van der Waals surface area contributed by atoms with E-state index in [4.69, 9.17) is 14.0 Å². The molecule has 1 saturated heterocycles. The molecule has 3 aromatic rings. The fourth-order valence-corrected chi connectivity index (χ4v) is 3.63. The summed E-state index contributed by atoms with van der Waals surface area (Å²) in [6.07, 6.45) is 2.05. The molecule has 2 aromatic carbocycles. The van der Waals surface area contributed by atoms with Gasteiger partial charge in [0, 0.05) is 6.54 Å². The summed E-state index contributed by atoms with van der Waals surface area (Å²) < 4.78 is 16.3. The Balaban J connectivity index is 1.39. The molecule has 7 nitrogen and oxygen atoms in total. The number of aryl methyl sites for hydroxylation is 1. The predicted molar refractivity (Wildman–Crippen MR) is 110 cm³/mol.